The van der Waals surface area contributed by atoms with Crippen molar-refractivity contribution in [2.24, 2.45) is 17.6 Å². The lowest BCUT2D eigenvalue weighted by Gasteiger charge is -2.19. The number of unbranched alkanes of at least 4 members (excludes halogenated alkanes) is 1. The molecule has 0 aliphatic heterocycles. The average molecular weight is 394 g/mol. The van der Waals surface area contributed by atoms with Gasteiger partial charge in [0, 0.05) is 18.8 Å². The monoisotopic (exact) mass is 393 g/mol. The highest BCUT2D eigenvalue weighted by Crippen LogP contribution is 2.36. The van der Waals surface area contributed by atoms with E-state index < -0.39 is 18.3 Å². The fraction of sp³-hybridized carbons (Fsp3) is 0.571. The standard InChI is InChI=1S/C21H31NO4S/c22-21(26)6-4-2-1-3-5-17-18(20(25)13-19(17)24)10-9-16(23)8-7-15-11-12-27-14-15/h1,3,9-12,14,16-20,23-25H,2,4-8,13H2,(H2,22,26)/t16-,17+,18+,19-,20+/m0/s1. The second-order valence-corrected chi connectivity index (χ2v) is 8.08. The van der Waals surface area contributed by atoms with Gasteiger partial charge in [0.25, 0.3) is 0 Å². The number of rotatable bonds is 11. The predicted octanol–water partition coefficient (Wildman–Crippen LogP) is 2.56. The highest BCUT2D eigenvalue weighted by molar-refractivity contribution is 7.07. The molecule has 0 spiro atoms. The molecule has 6 heteroatoms. The van der Waals surface area contributed by atoms with Crippen LogP contribution >= 0.6 is 11.3 Å². The van der Waals surface area contributed by atoms with Gasteiger partial charge in [-0.15, -0.1) is 0 Å². The average Bonchev–Trinajstić information content (AvgIpc) is 3.22. The van der Waals surface area contributed by atoms with Crippen LogP contribution in [0.15, 0.2) is 41.1 Å². The van der Waals surface area contributed by atoms with Gasteiger partial charge in [-0.3, -0.25) is 4.79 Å². The molecule has 2 rings (SSSR count). The highest BCUT2D eigenvalue weighted by atomic mass is 32.1. The molecule has 5 atom stereocenters. The number of allylic oxidation sites excluding steroid dienone is 2. The lowest BCUT2D eigenvalue weighted by Crippen LogP contribution is -2.20. The van der Waals surface area contributed by atoms with Crippen molar-refractivity contribution in [3.63, 3.8) is 0 Å². The number of amides is 1. The zero-order chi connectivity index (χ0) is 19.6. The van der Waals surface area contributed by atoms with Crippen LogP contribution in [0, 0.1) is 11.8 Å². The molecule has 1 saturated carbocycles. The lowest BCUT2D eigenvalue weighted by atomic mass is 9.89. The number of aliphatic hydroxyl groups is 3. The Balaban J connectivity index is 1.81. The molecule has 1 heterocycles. The Labute approximate surface area is 165 Å². The molecule has 1 aliphatic carbocycles. The normalized spacial score (nSPS) is 26.9. The Kier molecular flexibility index (Phi) is 9.21. The van der Waals surface area contributed by atoms with Crippen LogP contribution in [0.4, 0.5) is 0 Å². The third-order valence-corrected chi connectivity index (χ3v) is 5.88. The van der Waals surface area contributed by atoms with E-state index in [1.165, 1.54) is 5.56 Å². The van der Waals surface area contributed by atoms with E-state index >= 15 is 0 Å². The van der Waals surface area contributed by atoms with E-state index in [-0.39, 0.29) is 17.7 Å². The van der Waals surface area contributed by atoms with Gasteiger partial charge >= 0.3 is 0 Å². The van der Waals surface area contributed by atoms with Crippen LogP contribution in [0.5, 0.6) is 0 Å². The summed E-state index contributed by atoms with van der Waals surface area (Å²) in [5, 5.41) is 34.8. The van der Waals surface area contributed by atoms with Gasteiger partial charge in [0.05, 0.1) is 18.3 Å². The third-order valence-electron chi connectivity index (χ3n) is 5.15. The summed E-state index contributed by atoms with van der Waals surface area (Å²) in [5.74, 6) is -0.515. The second-order valence-electron chi connectivity index (χ2n) is 7.30. The summed E-state index contributed by atoms with van der Waals surface area (Å²) in [6.45, 7) is 0. The first kappa shape index (κ1) is 21.8. The number of carbonyl (C=O) groups excluding carboxylic acids is 1. The summed E-state index contributed by atoms with van der Waals surface area (Å²) < 4.78 is 0. The van der Waals surface area contributed by atoms with E-state index in [0.29, 0.717) is 25.7 Å². The molecule has 1 aromatic rings. The molecule has 27 heavy (non-hydrogen) atoms. The molecule has 1 fully saturated rings. The number of thiophene rings is 1. The van der Waals surface area contributed by atoms with Crippen molar-refractivity contribution in [3.05, 3.63) is 46.7 Å². The molecular weight excluding hydrogens is 362 g/mol. The Morgan fingerprint density at radius 3 is 2.85 bits per heavy atom. The highest BCUT2D eigenvalue weighted by Gasteiger charge is 2.39. The van der Waals surface area contributed by atoms with E-state index in [1.807, 2.05) is 23.6 Å². The molecular formula is C21H31NO4S. The summed E-state index contributed by atoms with van der Waals surface area (Å²) in [6, 6.07) is 2.06. The SMILES string of the molecule is NC(=O)CCCC=CC[C@@H]1[C@@H](C=C[C@@H](O)CCc2ccsc2)[C@H](O)C[C@@H]1O. The van der Waals surface area contributed by atoms with Crippen molar-refractivity contribution in [3.8, 4) is 0 Å². The maximum atomic E-state index is 10.7. The molecule has 0 unspecified atom stereocenters. The molecule has 1 aliphatic rings. The molecule has 0 radical (unpaired) electrons. The minimum Gasteiger partial charge on any atom is -0.393 e. The van der Waals surface area contributed by atoms with E-state index in [1.54, 1.807) is 17.4 Å². The van der Waals surface area contributed by atoms with Crippen molar-refractivity contribution in [2.75, 3.05) is 0 Å². The minimum absolute atomic E-state index is 0.0623. The van der Waals surface area contributed by atoms with Crippen LogP contribution < -0.4 is 5.73 Å². The van der Waals surface area contributed by atoms with Crippen LogP contribution in [0.2, 0.25) is 0 Å². The lowest BCUT2D eigenvalue weighted by molar-refractivity contribution is -0.118. The van der Waals surface area contributed by atoms with Crippen molar-refractivity contribution in [1.29, 1.82) is 0 Å². The number of aryl methyl sites for hydroxylation is 1. The van der Waals surface area contributed by atoms with Crippen molar-refractivity contribution in [1.82, 2.24) is 0 Å². The first-order valence-corrected chi connectivity index (χ1v) is 10.6. The van der Waals surface area contributed by atoms with Gasteiger partial charge in [0.15, 0.2) is 0 Å². The van der Waals surface area contributed by atoms with E-state index in [0.717, 1.165) is 19.3 Å². The van der Waals surface area contributed by atoms with Gasteiger partial charge in [-0.05, 0) is 60.4 Å². The fourth-order valence-corrected chi connectivity index (χ4v) is 4.28. The first-order valence-electron chi connectivity index (χ1n) is 9.64. The number of aliphatic hydroxyl groups excluding tert-OH is 3. The summed E-state index contributed by atoms with van der Waals surface area (Å²) in [4.78, 5) is 10.7. The van der Waals surface area contributed by atoms with Gasteiger partial charge in [0.2, 0.25) is 5.91 Å². The largest absolute Gasteiger partial charge is 0.393 e. The maximum absolute atomic E-state index is 10.7. The minimum atomic E-state index is -0.589. The first-order chi connectivity index (χ1) is 13.0. The zero-order valence-corrected chi connectivity index (χ0v) is 16.4. The molecule has 150 valence electrons. The molecule has 5 nitrogen and oxygen atoms in total. The van der Waals surface area contributed by atoms with Gasteiger partial charge in [-0.1, -0.05) is 24.3 Å². The Bertz CT molecular complexity index is 614. The second kappa shape index (κ2) is 11.4. The van der Waals surface area contributed by atoms with Crippen molar-refractivity contribution in [2.45, 2.75) is 63.3 Å². The topological polar surface area (TPSA) is 104 Å². The predicted molar refractivity (Wildman–Crippen MR) is 108 cm³/mol. The fourth-order valence-electron chi connectivity index (χ4n) is 3.57. The molecule has 5 N–H and O–H groups in total. The number of hydrogen-bond donors (Lipinski definition) is 4. The smallest absolute Gasteiger partial charge is 0.217 e. The Hall–Kier alpha value is -1.47. The van der Waals surface area contributed by atoms with Crippen molar-refractivity contribution < 1.29 is 20.1 Å². The Morgan fingerprint density at radius 1 is 1.33 bits per heavy atom. The number of primary amides is 1. The summed E-state index contributed by atoms with van der Waals surface area (Å²) in [6.07, 6.45) is 10.3. The van der Waals surface area contributed by atoms with Crippen LogP contribution in [-0.4, -0.2) is 39.5 Å². The van der Waals surface area contributed by atoms with E-state index in [4.69, 9.17) is 5.73 Å². The van der Waals surface area contributed by atoms with Crippen LogP contribution in [-0.2, 0) is 11.2 Å². The van der Waals surface area contributed by atoms with Crippen LogP contribution in [0.25, 0.3) is 0 Å². The van der Waals surface area contributed by atoms with E-state index in [2.05, 4.69) is 11.4 Å². The quantitative estimate of drug-likeness (QED) is 0.343. The van der Waals surface area contributed by atoms with Gasteiger partial charge < -0.3 is 21.1 Å². The third kappa shape index (κ3) is 7.58. The van der Waals surface area contributed by atoms with Gasteiger partial charge in [-0.25, -0.2) is 0 Å². The maximum Gasteiger partial charge on any atom is 0.217 e. The van der Waals surface area contributed by atoms with E-state index in [9.17, 15) is 20.1 Å². The summed E-state index contributed by atoms with van der Waals surface area (Å²) in [7, 11) is 0. The molecule has 0 aromatic carbocycles. The molecule has 0 bridgehead atoms. The Morgan fingerprint density at radius 2 is 2.15 bits per heavy atom. The molecule has 1 amide bonds. The number of nitrogens with two attached hydrogens (primary N) is 1. The number of hydrogen-bond acceptors (Lipinski definition) is 5. The summed E-state index contributed by atoms with van der Waals surface area (Å²) >= 11 is 1.65. The van der Waals surface area contributed by atoms with Crippen LogP contribution in [0.1, 0.15) is 44.1 Å². The zero-order valence-electron chi connectivity index (χ0n) is 15.6. The van der Waals surface area contributed by atoms with Crippen molar-refractivity contribution >= 4 is 17.2 Å². The van der Waals surface area contributed by atoms with Crippen LogP contribution in [0.3, 0.4) is 0 Å². The molecule has 0 saturated heterocycles. The van der Waals surface area contributed by atoms with Gasteiger partial charge in [0.1, 0.15) is 0 Å². The number of carbonyl (C=O) groups is 1. The van der Waals surface area contributed by atoms with Gasteiger partial charge in [-0.2, -0.15) is 11.3 Å². The molecule has 1 aromatic heterocycles. The summed E-state index contributed by atoms with van der Waals surface area (Å²) in [5.41, 5.74) is 6.34.